The molecule has 1 N–H and O–H groups in total. The van der Waals surface area contributed by atoms with E-state index in [1.807, 2.05) is 14.0 Å². The second-order valence-electron chi connectivity index (χ2n) is 5.42. The van der Waals surface area contributed by atoms with Gasteiger partial charge in [0, 0.05) is 12.0 Å². The van der Waals surface area contributed by atoms with Crippen LogP contribution in [0.4, 0.5) is 8.78 Å². The Kier molecular flexibility index (Phi) is 4.21. The maximum atomic E-state index is 13.4. The largest absolute Gasteiger partial charge is 0.375 e. The first-order chi connectivity index (χ1) is 8.95. The first kappa shape index (κ1) is 14.4. The Morgan fingerprint density at radius 2 is 1.79 bits per heavy atom. The lowest BCUT2D eigenvalue weighted by Crippen LogP contribution is -2.33. The third kappa shape index (κ3) is 2.65. The molecule has 4 heteroatoms. The second-order valence-corrected chi connectivity index (χ2v) is 5.42. The summed E-state index contributed by atoms with van der Waals surface area (Å²) >= 11 is 0. The molecule has 1 aromatic carbocycles. The molecule has 2 nitrogen and oxygen atoms in total. The summed E-state index contributed by atoms with van der Waals surface area (Å²) in [5.74, 6) is -1.01. The number of halogens is 2. The van der Waals surface area contributed by atoms with Gasteiger partial charge < -0.3 is 10.1 Å². The Bertz CT molecular complexity index is 452. The fourth-order valence-corrected chi connectivity index (χ4v) is 3.16. The summed E-state index contributed by atoms with van der Waals surface area (Å²) in [6, 6.07) is 4.06. The van der Waals surface area contributed by atoms with Gasteiger partial charge in [-0.25, -0.2) is 8.78 Å². The molecule has 5 unspecified atom stereocenters. The van der Waals surface area contributed by atoms with Gasteiger partial charge in [0.15, 0.2) is 11.6 Å². The number of ether oxygens (including phenoxy) is 1. The summed E-state index contributed by atoms with van der Waals surface area (Å²) in [6.07, 6.45) is 0.275. The molecule has 0 aromatic heterocycles. The number of hydrogen-bond donors (Lipinski definition) is 1. The molecular formula is C15H21F2NO. The minimum absolute atomic E-state index is 0.0370. The van der Waals surface area contributed by atoms with Gasteiger partial charge in [-0.05, 0) is 44.5 Å². The van der Waals surface area contributed by atoms with Crippen molar-refractivity contribution in [3.63, 3.8) is 0 Å². The molecule has 106 valence electrons. The Labute approximate surface area is 113 Å². The highest BCUT2D eigenvalue weighted by molar-refractivity contribution is 5.23. The van der Waals surface area contributed by atoms with E-state index in [0.717, 1.165) is 5.56 Å². The molecule has 1 heterocycles. The number of rotatable bonds is 3. The summed E-state index contributed by atoms with van der Waals surface area (Å²) in [5, 5.41) is 3.22. The van der Waals surface area contributed by atoms with E-state index < -0.39 is 11.6 Å². The van der Waals surface area contributed by atoms with Gasteiger partial charge in [0.1, 0.15) is 0 Å². The lowest BCUT2D eigenvalue weighted by atomic mass is 9.80. The standard InChI is InChI=1S/C15H21F2NO/c1-8-9(2)19-10(3)14(8)15(18-4)11-5-6-12(16)13(17)7-11/h5-10,14-15,18H,1-4H3. The minimum atomic E-state index is -0.810. The second kappa shape index (κ2) is 5.55. The fourth-order valence-electron chi connectivity index (χ4n) is 3.16. The molecule has 0 bridgehead atoms. The van der Waals surface area contributed by atoms with Crippen LogP contribution in [0.2, 0.25) is 0 Å². The molecule has 1 fully saturated rings. The molecular weight excluding hydrogens is 248 g/mol. The quantitative estimate of drug-likeness (QED) is 0.909. The van der Waals surface area contributed by atoms with Crippen molar-refractivity contribution < 1.29 is 13.5 Å². The van der Waals surface area contributed by atoms with Gasteiger partial charge in [0.05, 0.1) is 12.2 Å². The predicted molar refractivity (Wildman–Crippen MR) is 70.8 cm³/mol. The van der Waals surface area contributed by atoms with Crippen molar-refractivity contribution in [2.24, 2.45) is 11.8 Å². The van der Waals surface area contributed by atoms with Crippen molar-refractivity contribution in [1.29, 1.82) is 0 Å². The van der Waals surface area contributed by atoms with Crippen molar-refractivity contribution >= 4 is 0 Å². The molecule has 1 aromatic rings. The van der Waals surface area contributed by atoms with E-state index in [2.05, 4.69) is 19.2 Å². The molecule has 0 amide bonds. The monoisotopic (exact) mass is 269 g/mol. The zero-order chi connectivity index (χ0) is 14.2. The van der Waals surface area contributed by atoms with Crippen molar-refractivity contribution in [1.82, 2.24) is 5.32 Å². The molecule has 2 rings (SSSR count). The van der Waals surface area contributed by atoms with Gasteiger partial charge >= 0.3 is 0 Å². The summed E-state index contributed by atoms with van der Waals surface area (Å²) in [4.78, 5) is 0. The maximum Gasteiger partial charge on any atom is 0.159 e. The van der Waals surface area contributed by atoms with Gasteiger partial charge in [0.25, 0.3) is 0 Å². The molecule has 0 spiro atoms. The Balaban J connectivity index is 2.31. The van der Waals surface area contributed by atoms with Gasteiger partial charge in [-0.3, -0.25) is 0 Å². The highest BCUT2D eigenvalue weighted by Gasteiger charge is 2.41. The molecule has 1 saturated heterocycles. The minimum Gasteiger partial charge on any atom is -0.375 e. The molecule has 0 saturated carbocycles. The summed E-state index contributed by atoms with van der Waals surface area (Å²) in [7, 11) is 1.84. The number of hydrogen-bond acceptors (Lipinski definition) is 2. The SMILES string of the molecule is CNC(c1ccc(F)c(F)c1)C1C(C)OC(C)C1C. The average Bonchev–Trinajstić information content (AvgIpc) is 2.61. The third-order valence-corrected chi connectivity index (χ3v) is 4.32. The van der Waals surface area contributed by atoms with Crippen molar-refractivity contribution in [2.75, 3.05) is 7.05 Å². The van der Waals surface area contributed by atoms with E-state index in [9.17, 15) is 8.78 Å². The van der Waals surface area contributed by atoms with Crippen LogP contribution in [-0.4, -0.2) is 19.3 Å². The topological polar surface area (TPSA) is 21.3 Å². The van der Waals surface area contributed by atoms with Gasteiger partial charge in [-0.15, -0.1) is 0 Å². The highest BCUT2D eigenvalue weighted by atomic mass is 19.2. The van der Waals surface area contributed by atoms with E-state index >= 15 is 0 Å². The van der Waals surface area contributed by atoms with E-state index in [-0.39, 0.29) is 24.2 Å². The van der Waals surface area contributed by atoms with Gasteiger partial charge in [-0.1, -0.05) is 13.0 Å². The van der Waals surface area contributed by atoms with Gasteiger partial charge in [0.2, 0.25) is 0 Å². The Morgan fingerprint density at radius 3 is 2.26 bits per heavy atom. The number of benzene rings is 1. The fraction of sp³-hybridized carbons (Fsp3) is 0.600. The van der Waals surface area contributed by atoms with E-state index in [1.165, 1.54) is 12.1 Å². The average molecular weight is 269 g/mol. The molecule has 1 aliphatic heterocycles. The zero-order valence-corrected chi connectivity index (χ0v) is 11.8. The van der Waals surface area contributed by atoms with Crippen LogP contribution in [-0.2, 0) is 4.74 Å². The van der Waals surface area contributed by atoms with Crippen LogP contribution in [0.5, 0.6) is 0 Å². The van der Waals surface area contributed by atoms with Crippen LogP contribution in [0.15, 0.2) is 18.2 Å². The van der Waals surface area contributed by atoms with Crippen LogP contribution in [0, 0.1) is 23.5 Å². The lowest BCUT2D eigenvalue weighted by Gasteiger charge is -2.29. The van der Waals surface area contributed by atoms with Crippen LogP contribution < -0.4 is 5.32 Å². The number of nitrogens with one attached hydrogen (secondary N) is 1. The molecule has 5 atom stereocenters. The van der Waals surface area contributed by atoms with Crippen LogP contribution in [0.1, 0.15) is 32.4 Å². The maximum absolute atomic E-state index is 13.4. The van der Waals surface area contributed by atoms with Crippen molar-refractivity contribution in [3.05, 3.63) is 35.4 Å². The molecule has 19 heavy (non-hydrogen) atoms. The zero-order valence-electron chi connectivity index (χ0n) is 11.8. The Morgan fingerprint density at radius 1 is 1.11 bits per heavy atom. The van der Waals surface area contributed by atoms with Crippen LogP contribution in [0.3, 0.4) is 0 Å². The molecule has 0 radical (unpaired) electrons. The van der Waals surface area contributed by atoms with E-state index in [1.54, 1.807) is 6.07 Å². The third-order valence-electron chi connectivity index (χ3n) is 4.32. The highest BCUT2D eigenvalue weighted by Crippen LogP contribution is 2.40. The molecule has 1 aliphatic rings. The van der Waals surface area contributed by atoms with E-state index in [4.69, 9.17) is 4.74 Å². The van der Waals surface area contributed by atoms with Gasteiger partial charge in [-0.2, -0.15) is 0 Å². The van der Waals surface area contributed by atoms with Crippen LogP contribution in [0.25, 0.3) is 0 Å². The smallest absolute Gasteiger partial charge is 0.159 e. The predicted octanol–water partition coefficient (Wildman–Crippen LogP) is 3.28. The van der Waals surface area contributed by atoms with Crippen molar-refractivity contribution in [2.45, 2.75) is 39.0 Å². The van der Waals surface area contributed by atoms with E-state index in [0.29, 0.717) is 5.92 Å². The van der Waals surface area contributed by atoms with Crippen molar-refractivity contribution in [3.8, 4) is 0 Å². The summed E-state index contributed by atoms with van der Waals surface area (Å²) < 4.78 is 32.3. The summed E-state index contributed by atoms with van der Waals surface area (Å²) in [6.45, 7) is 6.23. The Hall–Kier alpha value is -1.00. The normalized spacial score (nSPS) is 32.5. The molecule has 0 aliphatic carbocycles. The first-order valence-electron chi connectivity index (χ1n) is 6.73. The lowest BCUT2D eigenvalue weighted by molar-refractivity contribution is 0.0478. The summed E-state index contributed by atoms with van der Waals surface area (Å²) in [5.41, 5.74) is 0.766. The first-order valence-corrected chi connectivity index (χ1v) is 6.73. The van der Waals surface area contributed by atoms with Crippen LogP contribution >= 0.6 is 0 Å².